The van der Waals surface area contributed by atoms with E-state index in [-0.39, 0.29) is 10.8 Å². The molecule has 0 atom stereocenters. The Hall–Kier alpha value is -2.23. The van der Waals surface area contributed by atoms with Gasteiger partial charge in [-0.05, 0) is 12.1 Å². The lowest BCUT2D eigenvalue weighted by atomic mass is 10.1. The van der Waals surface area contributed by atoms with Gasteiger partial charge in [0.05, 0.1) is 18.1 Å². The SMILES string of the molecule is CN(C(=O)CCC(F)(F)C(F)(F)F)c1cn(-c2cccnc2)nc1Cl. The quantitative estimate of drug-likeness (QED) is 0.738. The fourth-order valence-electron chi connectivity index (χ4n) is 1.90. The molecule has 1 amide bonds. The largest absolute Gasteiger partial charge is 0.453 e. The van der Waals surface area contributed by atoms with Crippen LogP contribution in [0, 0.1) is 0 Å². The molecule has 0 aliphatic rings. The predicted molar refractivity (Wildman–Crippen MR) is 80.0 cm³/mol. The van der Waals surface area contributed by atoms with E-state index in [1.165, 1.54) is 30.3 Å². The first-order chi connectivity index (χ1) is 11.5. The lowest BCUT2D eigenvalue weighted by molar-refractivity contribution is -0.284. The number of pyridine rings is 1. The van der Waals surface area contributed by atoms with Crippen molar-refractivity contribution in [2.45, 2.75) is 24.9 Å². The summed E-state index contributed by atoms with van der Waals surface area (Å²) in [4.78, 5) is 16.7. The summed E-state index contributed by atoms with van der Waals surface area (Å²) in [7, 11) is 1.21. The second-order valence-electron chi connectivity index (χ2n) is 5.12. The van der Waals surface area contributed by atoms with Crippen molar-refractivity contribution in [3.63, 3.8) is 0 Å². The molecular weight excluding hydrogens is 371 g/mol. The van der Waals surface area contributed by atoms with Crippen molar-refractivity contribution in [1.82, 2.24) is 14.8 Å². The van der Waals surface area contributed by atoms with E-state index in [0.717, 1.165) is 4.90 Å². The minimum Gasteiger partial charge on any atom is -0.311 e. The van der Waals surface area contributed by atoms with Crippen molar-refractivity contribution in [1.29, 1.82) is 0 Å². The number of anilines is 1. The highest BCUT2D eigenvalue weighted by atomic mass is 35.5. The molecule has 2 aromatic heterocycles. The summed E-state index contributed by atoms with van der Waals surface area (Å²) in [5, 5.41) is 3.84. The van der Waals surface area contributed by atoms with E-state index in [1.54, 1.807) is 12.1 Å². The molecule has 0 saturated heterocycles. The lowest BCUT2D eigenvalue weighted by Gasteiger charge is -2.21. The summed E-state index contributed by atoms with van der Waals surface area (Å²) in [6.45, 7) is 0. The monoisotopic (exact) mass is 382 g/mol. The fourth-order valence-corrected chi connectivity index (χ4v) is 2.16. The Bertz CT molecular complexity index is 747. The Balaban J connectivity index is 2.11. The van der Waals surface area contributed by atoms with Crippen molar-refractivity contribution in [3.05, 3.63) is 35.9 Å². The maximum atomic E-state index is 12.9. The van der Waals surface area contributed by atoms with Gasteiger partial charge >= 0.3 is 12.1 Å². The van der Waals surface area contributed by atoms with Gasteiger partial charge in [0.1, 0.15) is 5.69 Å². The Morgan fingerprint density at radius 3 is 2.56 bits per heavy atom. The summed E-state index contributed by atoms with van der Waals surface area (Å²) in [6.07, 6.45) is -4.00. The maximum absolute atomic E-state index is 12.9. The second kappa shape index (κ2) is 6.95. The van der Waals surface area contributed by atoms with Crippen molar-refractivity contribution >= 4 is 23.2 Å². The van der Waals surface area contributed by atoms with Gasteiger partial charge in [-0.25, -0.2) is 4.68 Å². The Morgan fingerprint density at radius 1 is 1.32 bits per heavy atom. The second-order valence-corrected chi connectivity index (χ2v) is 5.47. The van der Waals surface area contributed by atoms with E-state index in [4.69, 9.17) is 11.6 Å². The zero-order chi connectivity index (χ0) is 18.8. The number of amides is 1. The van der Waals surface area contributed by atoms with E-state index in [9.17, 15) is 26.7 Å². The molecule has 0 bridgehead atoms. The van der Waals surface area contributed by atoms with Crippen molar-refractivity contribution in [2.75, 3.05) is 11.9 Å². The highest BCUT2D eigenvalue weighted by molar-refractivity contribution is 6.32. The Morgan fingerprint density at radius 2 is 2.00 bits per heavy atom. The molecule has 0 saturated carbocycles. The highest BCUT2D eigenvalue weighted by Gasteiger charge is 2.56. The molecule has 0 unspecified atom stereocenters. The van der Waals surface area contributed by atoms with E-state index in [1.807, 2.05) is 0 Å². The van der Waals surface area contributed by atoms with Crippen LogP contribution < -0.4 is 4.90 Å². The molecule has 136 valence electrons. The third-order valence-corrected chi connectivity index (χ3v) is 3.63. The van der Waals surface area contributed by atoms with Gasteiger partial charge in [0, 0.05) is 26.1 Å². The molecule has 0 radical (unpaired) electrons. The molecule has 2 rings (SSSR count). The number of carbonyl (C=O) groups excluding carboxylic acids is 1. The van der Waals surface area contributed by atoms with Gasteiger partial charge in [-0.1, -0.05) is 11.6 Å². The normalized spacial score (nSPS) is 12.3. The summed E-state index contributed by atoms with van der Waals surface area (Å²) < 4.78 is 63.6. The first-order valence-corrected chi connectivity index (χ1v) is 7.27. The zero-order valence-corrected chi connectivity index (χ0v) is 13.5. The molecule has 25 heavy (non-hydrogen) atoms. The summed E-state index contributed by atoms with van der Waals surface area (Å²) in [5.41, 5.74) is 0.603. The van der Waals surface area contributed by atoms with Crippen LogP contribution in [0.2, 0.25) is 5.15 Å². The van der Waals surface area contributed by atoms with Crippen LogP contribution in [-0.2, 0) is 4.79 Å². The van der Waals surface area contributed by atoms with Gasteiger partial charge in [0.2, 0.25) is 5.91 Å². The topological polar surface area (TPSA) is 51.0 Å². The molecule has 0 fully saturated rings. The average molecular weight is 383 g/mol. The van der Waals surface area contributed by atoms with Gasteiger partial charge in [-0.2, -0.15) is 27.1 Å². The number of nitrogens with zero attached hydrogens (tertiary/aromatic N) is 4. The van der Waals surface area contributed by atoms with Crippen molar-refractivity contribution < 1.29 is 26.7 Å². The molecule has 0 aromatic carbocycles. The number of rotatable bonds is 5. The van der Waals surface area contributed by atoms with Crippen LogP contribution in [0.4, 0.5) is 27.6 Å². The van der Waals surface area contributed by atoms with Crippen molar-refractivity contribution in [2.24, 2.45) is 0 Å². The standard InChI is InChI=1S/C14H12ClF5N4O/c1-23(11(25)4-5-13(16,17)14(18,19)20)10-8-24(22-12(10)15)9-3-2-6-21-7-9/h2-3,6-8H,4-5H2,1H3. The molecule has 2 heterocycles. The third kappa shape index (κ3) is 4.25. The lowest BCUT2D eigenvalue weighted by Crippen LogP contribution is -2.38. The number of carbonyl (C=O) groups is 1. The third-order valence-electron chi connectivity index (χ3n) is 3.36. The van der Waals surface area contributed by atoms with E-state index >= 15 is 0 Å². The maximum Gasteiger partial charge on any atom is 0.453 e. The minimum absolute atomic E-state index is 0.0749. The van der Waals surface area contributed by atoms with Crippen LogP contribution in [0.15, 0.2) is 30.7 Å². The van der Waals surface area contributed by atoms with Crippen LogP contribution in [0.25, 0.3) is 5.69 Å². The van der Waals surface area contributed by atoms with Crippen LogP contribution in [-0.4, -0.2) is 39.8 Å². The molecule has 11 heteroatoms. The summed E-state index contributed by atoms with van der Waals surface area (Å²) >= 11 is 5.92. The molecule has 0 aliphatic heterocycles. The first kappa shape index (κ1) is 19.1. The van der Waals surface area contributed by atoms with Gasteiger partial charge in [0.25, 0.3) is 0 Å². The molecular formula is C14H12ClF5N4O. The Kier molecular flexibility index (Phi) is 5.31. The average Bonchev–Trinajstić information content (AvgIpc) is 2.93. The van der Waals surface area contributed by atoms with Gasteiger partial charge < -0.3 is 4.90 Å². The number of alkyl halides is 5. The molecule has 5 nitrogen and oxygen atoms in total. The van der Waals surface area contributed by atoms with Crippen LogP contribution in [0.1, 0.15) is 12.8 Å². The fraction of sp³-hybridized carbons (Fsp3) is 0.357. The summed E-state index contributed by atoms with van der Waals surface area (Å²) in [6, 6.07) is 3.30. The van der Waals surface area contributed by atoms with E-state index in [2.05, 4.69) is 10.1 Å². The van der Waals surface area contributed by atoms with Gasteiger partial charge in [0.15, 0.2) is 5.15 Å². The van der Waals surface area contributed by atoms with E-state index < -0.39 is 30.8 Å². The highest BCUT2D eigenvalue weighted by Crippen LogP contribution is 2.39. The number of hydrogen-bond acceptors (Lipinski definition) is 3. The zero-order valence-electron chi connectivity index (χ0n) is 12.8. The number of halogens is 6. The summed E-state index contributed by atoms with van der Waals surface area (Å²) in [5.74, 6) is -5.88. The predicted octanol–water partition coefficient (Wildman–Crippen LogP) is 3.86. The molecule has 2 aromatic rings. The van der Waals surface area contributed by atoms with Crippen LogP contribution in [0.5, 0.6) is 0 Å². The number of hydrogen-bond donors (Lipinski definition) is 0. The molecule has 0 aliphatic carbocycles. The van der Waals surface area contributed by atoms with Crippen LogP contribution in [0.3, 0.4) is 0 Å². The first-order valence-electron chi connectivity index (χ1n) is 6.89. The van der Waals surface area contributed by atoms with Crippen LogP contribution >= 0.6 is 11.6 Å². The smallest absolute Gasteiger partial charge is 0.311 e. The molecule has 0 N–H and O–H groups in total. The Labute approximate surface area is 144 Å². The number of aromatic nitrogens is 3. The van der Waals surface area contributed by atoms with Gasteiger partial charge in [-0.3, -0.25) is 9.78 Å². The van der Waals surface area contributed by atoms with Gasteiger partial charge in [-0.15, -0.1) is 0 Å². The molecule has 0 spiro atoms. The van der Waals surface area contributed by atoms with Crippen molar-refractivity contribution in [3.8, 4) is 5.69 Å². The minimum atomic E-state index is -5.70. The van der Waals surface area contributed by atoms with E-state index in [0.29, 0.717) is 5.69 Å².